The zero-order valence-corrected chi connectivity index (χ0v) is 11.9. The second kappa shape index (κ2) is 5.49. The van der Waals surface area contributed by atoms with Crippen LogP contribution < -0.4 is 5.73 Å². The van der Waals surface area contributed by atoms with E-state index in [0.717, 1.165) is 31.0 Å². The quantitative estimate of drug-likeness (QED) is 0.836. The first-order valence-electron chi connectivity index (χ1n) is 6.36. The van der Waals surface area contributed by atoms with Gasteiger partial charge in [0, 0.05) is 29.3 Å². The van der Waals surface area contributed by atoms with Crippen LogP contribution in [0.2, 0.25) is 0 Å². The van der Waals surface area contributed by atoms with Gasteiger partial charge >= 0.3 is 0 Å². The highest BCUT2D eigenvalue weighted by Crippen LogP contribution is 2.31. The smallest absolute Gasteiger partial charge is 0.125 e. The maximum Gasteiger partial charge on any atom is 0.125 e. The Morgan fingerprint density at radius 1 is 1.33 bits per heavy atom. The van der Waals surface area contributed by atoms with E-state index in [2.05, 4.69) is 18.7 Å². The highest BCUT2D eigenvalue weighted by atomic mass is 32.2. The van der Waals surface area contributed by atoms with Crippen LogP contribution in [0.3, 0.4) is 0 Å². The Labute approximate surface area is 113 Å². The van der Waals surface area contributed by atoms with Gasteiger partial charge in [-0.05, 0) is 36.7 Å². The molecule has 18 heavy (non-hydrogen) atoms. The van der Waals surface area contributed by atoms with Crippen molar-refractivity contribution in [1.29, 1.82) is 0 Å². The second-order valence-electron chi connectivity index (χ2n) is 5.53. The molecule has 2 rings (SSSR count). The van der Waals surface area contributed by atoms with Crippen LogP contribution in [0.15, 0.2) is 18.2 Å². The van der Waals surface area contributed by atoms with Gasteiger partial charge in [-0.1, -0.05) is 13.8 Å². The van der Waals surface area contributed by atoms with Crippen molar-refractivity contribution in [2.45, 2.75) is 31.6 Å². The van der Waals surface area contributed by atoms with Gasteiger partial charge in [0.25, 0.3) is 0 Å². The first kappa shape index (κ1) is 13.7. The molecule has 0 atom stereocenters. The van der Waals surface area contributed by atoms with Gasteiger partial charge in [0.1, 0.15) is 5.82 Å². The van der Waals surface area contributed by atoms with Crippen molar-refractivity contribution in [2.75, 3.05) is 24.6 Å². The Balaban J connectivity index is 2.00. The summed E-state index contributed by atoms with van der Waals surface area (Å²) < 4.78 is 13.6. The summed E-state index contributed by atoms with van der Waals surface area (Å²) in [5.41, 5.74) is 7.15. The molecule has 1 aliphatic heterocycles. The lowest BCUT2D eigenvalue weighted by Crippen LogP contribution is -2.26. The molecule has 1 saturated heterocycles. The molecular formula is C14H21FN2S. The van der Waals surface area contributed by atoms with E-state index in [4.69, 9.17) is 5.73 Å². The standard InChI is InChI=1S/C14H21FN2S/c1-14(2)3-4-17(5-6-18-14)10-11-7-12(15)9-13(16)8-11/h7-9H,3-6,10,16H2,1-2H3. The SMILES string of the molecule is CC1(C)CCN(Cc2cc(N)cc(F)c2)CCS1. The van der Waals surface area contributed by atoms with Gasteiger partial charge in [0.05, 0.1) is 0 Å². The van der Waals surface area contributed by atoms with E-state index in [1.54, 1.807) is 6.07 Å². The summed E-state index contributed by atoms with van der Waals surface area (Å²) in [5.74, 6) is 0.896. The van der Waals surface area contributed by atoms with Crippen LogP contribution >= 0.6 is 11.8 Å². The molecule has 0 saturated carbocycles. The number of halogens is 1. The van der Waals surface area contributed by atoms with Crippen LogP contribution in [0.4, 0.5) is 10.1 Å². The summed E-state index contributed by atoms with van der Waals surface area (Å²) in [7, 11) is 0. The largest absolute Gasteiger partial charge is 0.399 e. The number of anilines is 1. The van der Waals surface area contributed by atoms with Gasteiger partial charge < -0.3 is 5.73 Å². The van der Waals surface area contributed by atoms with Crippen molar-refractivity contribution in [3.63, 3.8) is 0 Å². The van der Waals surface area contributed by atoms with Crippen LogP contribution in [0.25, 0.3) is 0 Å². The Hall–Kier alpha value is -0.740. The Kier molecular flexibility index (Phi) is 4.17. The normalized spacial score (nSPS) is 20.6. The molecule has 1 fully saturated rings. The summed E-state index contributed by atoms with van der Waals surface area (Å²) >= 11 is 2.02. The molecule has 0 amide bonds. The van der Waals surface area contributed by atoms with Crippen LogP contribution in [0, 0.1) is 5.82 Å². The first-order chi connectivity index (χ1) is 8.44. The van der Waals surface area contributed by atoms with Crippen molar-refractivity contribution < 1.29 is 4.39 Å². The summed E-state index contributed by atoms with van der Waals surface area (Å²) in [4.78, 5) is 2.38. The van der Waals surface area contributed by atoms with Crippen molar-refractivity contribution in [3.8, 4) is 0 Å². The lowest BCUT2D eigenvalue weighted by molar-refractivity contribution is 0.276. The van der Waals surface area contributed by atoms with Crippen LogP contribution in [-0.4, -0.2) is 28.5 Å². The van der Waals surface area contributed by atoms with E-state index >= 15 is 0 Å². The molecule has 0 bridgehead atoms. The van der Waals surface area contributed by atoms with E-state index in [9.17, 15) is 4.39 Å². The highest BCUT2D eigenvalue weighted by Gasteiger charge is 2.23. The third-order valence-corrected chi connectivity index (χ3v) is 4.69. The zero-order valence-electron chi connectivity index (χ0n) is 11.1. The number of nitrogen functional groups attached to an aromatic ring is 1. The minimum atomic E-state index is -0.241. The first-order valence-corrected chi connectivity index (χ1v) is 7.34. The number of benzene rings is 1. The molecule has 2 N–H and O–H groups in total. The molecule has 1 heterocycles. The van der Waals surface area contributed by atoms with Crippen molar-refractivity contribution in [2.24, 2.45) is 0 Å². The maximum atomic E-state index is 13.3. The summed E-state index contributed by atoms with van der Waals surface area (Å²) in [5, 5.41) is 0. The van der Waals surface area contributed by atoms with Gasteiger partial charge in [-0.3, -0.25) is 4.90 Å². The van der Waals surface area contributed by atoms with Crippen molar-refractivity contribution >= 4 is 17.4 Å². The monoisotopic (exact) mass is 268 g/mol. The van der Waals surface area contributed by atoms with E-state index in [-0.39, 0.29) is 5.82 Å². The van der Waals surface area contributed by atoms with Crippen molar-refractivity contribution in [3.05, 3.63) is 29.6 Å². The number of nitrogens with two attached hydrogens (primary N) is 1. The molecule has 2 nitrogen and oxygen atoms in total. The third kappa shape index (κ3) is 3.89. The number of nitrogens with zero attached hydrogens (tertiary/aromatic N) is 1. The molecule has 0 aromatic heterocycles. The minimum absolute atomic E-state index is 0.241. The number of hydrogen-bond acceptors (Lipinski definition) is 3. The maximum absolute atomic E-state index is 13.3. The number of thioether (sulfide) groups is 1. The van der Waals surface area contributed by atoms with Crippen LogP contribution in [-0.2, 0) is 6.54 Å². The Morgan fingerprint density at radius 3 is 2.83 bits per heavy atom. The average molecular weight is 268 g/mol. The molecule has 4 heteroatoms. The Bertz CT molecular complexity index is 400. The van der Waals surface area contributed by atoms with Gasteiger partial charge in [0.2, 0.25) is 0 Å². The fraction of sp³-hybridized carbons (Fsp3) is 0.571. The van der Waals surface area contributed by atoms with Crippen LogP contribution in [0.1, 0.15) is 25.8 Å². The predicted molar refractivity (Wildman–Crippen MR) is 77.2 cm³/mol. The average Bonchev–Trinajstić information content (AvgIpc) is 2.39. The second-order valence-corrected chi connectivity index (χ2v) is 7.33. The zero-order chi connectivity index (χ0) is 13.2. The topological polar surface area (TPSA) is 29.3 Å². The van der Waals surface area contributed by atoms with Crippen LogP contribution in [0.5, 0.6) is 0 Å². The summed E-state index contributed by atoms with van der Waals surface area (Å²) in [6.45, 7) is 7.50. The highest BCUT2D eigenvalue weighted by molar-refractivity contribution is 8.00. The Morgan fingerprint density at radius 2 is 2.11 bits per heavy atom. The molecule has 0 spiro atoms. The molecule has 0 aliphatic carbocycles. The number of rotatable bonds is 2. The minimum Gasteiger partial charge on any atom is -0.399 e. The molecule has 0 radical (unpaired) electrons. The molecular weight excluding hydrogens is 247 g/mol. The lowest BCUT2D eigenvalue weighted by Gasteiger charge is -2.22. The molecule has 0 unspecified atom stereocenters. The molecule has 1 aliphatic rings. The third-order valence-electron chi connectivity index (χ3n) is 3.32. The molecule has 1 aromatic rings. The van der Waals surface area contributed by atoms with Gasteiger partial charge in [-0.25, -0.2) is 4.39 Å². The van der Waals surface area contributed by atoms with E-state index in [1.807, 2.05) is 17.8 Å². The van der Waals surface area contributed by atoms with Gasteiger partial charge in [-0.2, -0.15) is 11.8 Å². The van der Waals surface area contributed by atoms with Gasteiger partial charge in [0.15, 0.2) is 0 Å². The number of hydrogen-bond donors (Lipinski definition) is 1. The molecule has 1 aromatic carbocycles. The predicted octanol–water partition coefficient (Wildman–Crippen LogP) is 3.13. The van der Waals surface area contributed by atoms with Crippen molar-refractivity contribution in [1.82, 2.24) is 4.90 Å². The molecule has 100 valence electrons. The van der Waals surface area contributed by atoms with E-state index in [1.165, 1.54) is 12.5 Å². The fourth-order valence-electron chi connectivity index (χ4n) is 2.25. The fourth-order valence-corrected chi connectivity index (χ4v) is 3.38. The summed E-state index contributed by atoms with van der Waals surface area (Å²) in [6, 6.07) is 4.82. The van der Waals surface area contributed by atoms with E-state index in [0.29, 0.717) is 10.4 Å². The lowest BCUT2D eigenvalue weighted by atomic mass is 10.1. The van der Waals surface area contributed by atoms with E-state index < -0.39 is 0 Å². The summed E-state index contributed by atoms with van der Waals surface area (Å²) in [6.07, 6.45) is 1.17. The van der Waals surface area contributed by atoms with Gasteiger partial charge in [-0.15, -0.1) is 0 Å².